The summed E-state index contributed by atoms with van der Waals surface area (Å²) in [7, 11) is 1.44. The van der Waals surface area contributed by atoms with Crippen LogP contribution >= 0.6 is 0 Å². The summed E-state index contributed by atoms with van der Waals surface area (Å²) < 4.78 is 4.98. The van der Waals surface area contributed by atoms with E-state index < -0.39 is 17.4 Å². The van der Waals surface area contributed by atoms with Crippen LogP contribution in [0.3, 0.4) is 0 Å². The summed E-state index contributed by atoms with van der Waals surface area (Å²) >= 11 is 0. The molecule has 0 fully saturated rings. The van der Waals surface area contributed by atoms with Crippen molar-refractivity contribution in [2.75, 3.05) is 7.11 Å². The maximum Gasteiger partial charge on any atom is 0.329 e. The molecule has 0 saturated carbocycles. The SMILES string of the molecule is CCC(CC)(NC(=O)c1cc(OC)ccc1O)C(=O)O. The van der Waals surface area contributed by atoms with Gasteiger partial charge in [0.2, 0.25) is 0 Å². The predicted molar refractivity (Wildman–Crippen MR) is 73.1 cm³/mol. The van der Waals surface area contributed by atoms with Gasteiger partial charge in [-0.15, -0.1) is 0 Å². The second kappa shape index (κ2) is 6.27. The number of rotatable bonds is 6. The van der Waals surface area contributed by atoms with Gasteiger partial charge in [0.05, 0.1) is 12.7 Å². The van der Waals surface area contributed by atoms with Crippen LogP contribution in [0.2, 0.25) is 0 Å². The zero-order valence-electron chi connectivity index (χ0n) is 11.8. The minimum atomic E-state index is -1.34. The van der Waals surface area contributed by atoms with Gasteiger partial charge in [0.15, 0.2) is 0 Å². The van der Waals surface area contributed by atoms with E-state index >= 15 is 0 Å². The Labute approximate surface area is 117 Å². The number of phenolic OH excluding ortho intramolecular Hbond substituents is 1. The lowest BCUT2D eigenvalue weighted by atomic mass is 9.92. The van der Waals surface area contributed by atoms with Crippen molar-refractivity contribution in [2.45, 2.75) is 32.2 Å². The molecule has 0 aliphatic heterocycles. The van der Waals surface area contributed by atoms with Gasteiger partial charge in [-0.1, -0.05) is 13.8 Å². The van der Waals surface area contributed by atoms with Crippen molar-refractivity contribution < 1.29 is 24.5 Å². The number of aromatic hydroxyl groups is 1. The number of hydrogen-bond acceptors (Lipinski definition) is 4. The van der Waals surface area contributed by atoms with Crippen molar-refractivity contribution in [3.05, 3.63) is 23.8 Å². The van der Waals surface area contributed by atoms with Crippen LogP contribution in [-0.2, 0) is 4.79 Å². The van der Waals surface area contributed by atoms with E-state index in [1.54, 1.807) is 13.8 Å². The third-order valence-corrected chi connectivity index (χ3v) is 3.42. The van der Waals surface area contributed by atoms with Gasteiger partial charge >= 0.3 is 5.97 Å². The Kier molecular flexibility index (Phi) is 4.96. The lowest BCUT2D eigenvalue weighted by Crippen LogP contribution is -2.53. The second-order valence-electron chi connectivity index (χ2n) is 4.43. The number of benzene rings is 1. The number of amides is 1. The van der Waals surface area contributed by atoms with Crippen molar-refractivity contribution in [2.24, 2.45) is 0 Å². The van der Waals surface area contributed by atoms with Crippen LogP contribution in [0.4, 0.5) is 0 Å². The molecule has 0 heterocycles. The van der Waals surface area contributed by atoms with E-state index in [0.717, 1.165) is 0 Å². The Balaban J connectivity index is 3.09. The van der Waals surface area contributed by atoms with E-state index in [0.29, 0.717) is 5.75 Å². The molecule has 0 unspecified atom stereocenters. The molecule has 1 amide bonds. The predicted octanol–water partition coefficient (Wildman–Crippen LogP) is 1.77. The summed E-state index contributed by atoms with van der Waals surface area (Å²) in [5.41, 5.74) is -1.36. The molecule has 0 radical (unpaired) electrons. The van der Waals surface area contributed by atoms with Crippen LogP contribution < -0.4 is 10.1 Å². The molecule has 0 aromatic heterocycles. The number of carbonyl (C=O) groups excluding carboxylic acids is 1. The summed E-state index contributed by atoms with van der Waals surface area (Å²) in [6.45, 7) is 3.37. The first-order valence-corrected chi connectivity index (χ1v) is 6.33. The Morgan fingerprint density at radius 3 is 2.35 bits per heavy atom. The average molecular weight is 281 g/mol. The Morgan fingerprint density at radius 1 is 1.30 bits per heavy atom. The number of aliphatic carboxylic acids is 1. The van der Waals surface area contributed by atoms with Gasteiger partial charge in [0.1, 0.15) is 17.0 Å². The highest BCUT2D eigenvalue weighted by molar-refractivity contribution is 6.00. The molecule has 0 aliphatic carbocycles. The van der Waals surface area contributed by atoms with Crippen molar-refractivity contribution in [3.8, 4) is 11.5 Å². The molecule has 6 nitrogen and oxygen atoms in total. The number of hydrogen-bond donors (Lipinski definition) is 3. The minimum Gasteiger partial charge on any atom is -0.507 e. The van der Waals surface area contributed by atoms with Gasteiger partial charge < -0.3 is 20.3 Å². The molecule has 1 rings (SSSR count). The highest BCUT2D eigenvalue weighted by atomic mass is 16.5. The Hall–Kier alpha value is -2.24. The molecule has 0 saturated heterocycles. The molecule has 110 valence electrons. The first-order valence-electron chi connectivity index (χ1n) is 6.33. The van der Waals surface area contributed by atoms with Crippen molar-refractivity contribution >= 4 is 11.9 Å². The van der Waals surface area contributed by atoms with Crippen LogP contribution in [0, 0.1) is 0 Å². The molecule has 1 aromatic carbocycles. The lowest BCUT2D eigenvalue weighted by molar-refractivity contribution is -0.144. The number of carboxylic acids is 1. The maximum absolute atomic E-state index is 12.2. The minimum absolute atomic E-state index is 0.0168. The molecule has 0 aliphatic rings. The molecule has 1 aromatic rings. The van der Waals surface area contributed by atoms with Gasteiger partial charge in [-0.2, -0.15) is 0 Å². The van der Waals surface area contributed by atoms with E-state index in [1.807, 2.05) is 0 Å². The molecule has 20 heavy (non-hydrogen) atoms. The van der Waals surface area contributed by atoms with E-state index in [2.05, 4.69) is 5.32 Å². The van der Waals surface area contributed by atoms with Gasteiger partial charge in [-0.05, 0) is 31.0 Å². The highest BCUT2D eigenvalue weighted by Gasteiger charge is 2.37. The molecule has 3 N–H and O–H groups in total. The standard InChI is InChI=1S/C14H19NO5/c1-4-14(5-2,13(18)19)15-12(17)10-8-9(20-3)6-7-11(10)16/h6-8,16H,4-5H2,1-3H3,(H,15,17)(H,18,19). The topological polar surface area (TPSA) is 95.9 Å². The van der Waals surface area contributed by atoms with E-state index in [4.69, 9.17) is 4.74 Å². The van der Waals surface area contributed by atoms with Crippen LogP contribution in [0.5, 0.6) is 11.5 Å². The van der Waals surface area contributed by atoms with Gasteiger partial charge in [0, 0.05) is 0 Å². The number of methoxy groups -OCH3 is 1. The number of nitrogens with one attached hydrogen (secondary N) is 1. The number of carboxylic acid groups (broad SMARTS) is 1. The summed E-state index contributed by atoms with van der Waals surface area (Å²) in [5.74, 6) is -1.57. The quantitative estimate of drug-likeness (QED) is 0.738. The van der Waals surface area contributed by atoms with Gasteiger partial charge in [0.25, 0.3) is 5.91 Å². The fraction of sp³-hybridized carbons (Fsp3) is 0.429. The third kappa shape index (κ3) is 3.01. The summed E-state index contributed by atoms with van der Waals surface area (Å²) in [4.78, 5) is 23.5. The summed E-state index contributed by atoms with van der Waals surface area (Å²) in [6, 6.07) is 4.20. The summed E-state index contributed by atoms with van der Waals surface area (Å²) in [6.07, 6.45) is 0.491. The largest absolute Gasteiger partial charge is 0.507 e. The zero-order chi connectivity index (χ0) is 15.3. The molecule has 0 bridgehead atoms. The van der Waals surface area contributed by atoms with Crippen LogP contribution in [-0.4, -0.2) is 34.7 Å². The third-order valence-electron chi connectivity index (χ3n) is 3.42. The van der Waals surface area contributed by atoms with E-state index in [1.165, 1.54) is 25.3 Å². The number of ether oxygens (including phenoxy) is 1. The van der Waals surface area contributed by atoms with Gasteiger partial charge in [-0.25, -0.2) is 4.79 Å². The maximum atomic E-state index is 12.2. The smallest absolute Gasteiger partial charge is 0.329 e. The van der Waals surface area contributed by atoms with E-state index in [9.17, 15) is 19.8 Å². The first kappa shape index (κ1) is 15.8. The first-order chi connectivity index (χ1) is 9.40. The molecule has 6 heteroatoms. The molecule has 0 atom stereocenters. The normalized spacial score (nSPS) is 10.9. The monoisotopic (exact) mass is 281 g/mol. The van der Waals surface area contributed by atoms with Crippen LogP contribution in [0.15, 0.2) is 18.2 Å². The highest BCUT2D eigenvalue weighted by Crippen LogP contribution is 2.24. The zero-order valence-corrected chi connectivity index (χ0v) is 11.8. The number of phenols is 1. The van der Waals surface area contributed by atoms with Crippen LogP contribution in [0.1, 0.15) is 37.0 Å². The molecular formula is C14H19NO5. The fourth-order valence-corrected chi connectivity index (χ4v) is 1.89. The Morgan fingerprint density at radius 2 is 1.90 bits per heavy atom. The fourth-order valence-electron chi connectivity index (χ4n) is 1.89. The van der Waals surface area contributed by atoms with Gasteiger partial charge in [-0.3, -0.25) is 4.79 Å². The van der Waals surface area contributed by atoms with Crippen molar-refractivity contribution in [1.82, 2.24) is 5.32 Å². The van der Waals surface area contributed by atoms with Crippen molar-refractivity contribution in [3.63, 3.8) is 0 Å². The van der Waals surface area contributed by atoms with E-state index in [-0.39, 0.29) is 24.2 Å². The average Bonchev–Trinajstić information content (AvgIpc) is 2.44. The summed E-state index contributed by atoms with van der Waals surface area (Å²) in [5, 5.41) is 21.5. The lowest BCUT2D eigenvalue weighted by Gasteiger charge is -2.28. The van der Waals surface area contributed by atoms with Crippen LogP contribution in [0.25, 0.3) is 0 Å². The second-order valence-corrected chi connectivity index (χ2v) is 4.43. The molecular weight excluding hydrogens is 262 g/mol. The molecule has 0 spiro atoms. The number of carbonyl (C=O) groups is 2. The van der Waals surface area contributed by atoms with Crippen molar-refractivity contribution in [1.29, 1.82) is 0 Å². The Bertz CT molecular complexity index is 508.